The van der Waals surface area contributed by atoms with E-state index in [-0.39, 0.29) is 0 Å². The minimum absolute atomic E-state index is 1.15. The summed E-state index contributed by atoms with van der Waals surface area (Å²) in [6.45, 7) is 9.15. The molecular weight excluding hydrogens is 328 g/mol. The fourth-order valence-corrected chi connectivity index (χ4v) is 4.09. The average Bonchev–Trinajstić information content (AvgIpc) is 3.01. The van der Waals surface area contributed by atoms with Crippen LogP contribution in [0.4, 0.5) is 0 Å². The maximum absolute atomic E-state index is 2.43. The lowest BCUT2D eigenvalue weighted by Gasteiger charge is -2.04. The Bertz CT molecular complexity index is 436. The van der Waals surface area contributed by atoms with Crippen molar-refractivity contribution in [2.75, 3.05) is 0 Å². The van der Waals surface area contributed by atoms with Crippen LogP contribution < -0.4 is 4.57 Å². The molecule has 0 aliphatic carbocycles. The van der Waals surface area contributed by atoms with E-state index in [1.807, 2.05) is 0 Å². The average molecular weight is 378 g/mol. The molecule has 0 saturated heterocycles. The molecule has 1 aromatic heterocycles. The summed E-state index contributed by atoms with van der Waals surface area (Å²) < 4.78 is 4.81. The Hall–Kier alpha value is -0.790. The van der Waals surface area contributed by atoms with Gasteiger partial charge in [0.05, 0.1) is 13.1 Å². The molecule has 0 radical (unpaired) electrons. The van der Waals surface area contributed by atoms with E-state index in [4.69, 9.17) is 0 Å². The molecule has 27 heavy (non-hydrogen) atoms. The van der Waals surface area contributed by atoms with E-state index >= 15 is 0 Å². The van der Waals surface area contributed by atoms with E-state index in [2.05, 4.69) is 42.3 Å². The third-order valence-corrected chi connectivity index (χ3v) is 5.97. The van der Waals surface area contributed by atoms with Crippen LogP contribution in [0.5, 0.6) is 0 Å². The maximum Gasteiger partial charge on any atom is 0.253 e. The first-order chi connectivity index (χ1) is 13.3. The first-order valence-electron chi connectivity index (χ1n) is 12.3. The molecule has 0 spiro atoms. The van der Waals surface area contributed by atoms with Crippen LogP contribution in [0.2, 0.25) is 0 Å². The van der Waals surface area contributed by atoms with Crippen LogP contribution in [0.15, 0.2) is 12.4 Å². The lowest BCUT2D eigenvalue weighted by Crippen LogP contribution is -2.35. The SMILES string of the molecule is CCCCCCCCCCCCCCCCCC[n+]1ccn(CCC)c1C. The Balaban J connectivity index is 1.82. The number of aryl methyl sites for hydroxylation is 2. The molecule has 0 aromatic carbocycles. The van der Waals surface area contributed by atoms with Crippen molar-refractivity contribution in [1.82, 2.24) is 4.57 Å². The summed E-state index contributed by atoms with van der Waals surface area (Å²) in [4.78, 5) is 0. The van der Waals surface area contributed by atoms with Gasteiger partial charge in [-0.3, -0.25) is 0 Å². The van der Waals surface area contributed by atoms with Crippen molar-refractivity contribution < 1.29 is 4.57 Å². The van der Waals surface area contributed by atoms with E-state index < -0.39 is 0 Å². The lowest BCUT2D eigenvalue weighted by atomic mass is 10.0. The Kier molecular flexibility index (Phi) is 15.6. The molecule has 0 unspecified atom stereocenters. The van der Waals surface area contributed by atoms with E-state index in [1.54, 1.807) is 0 Å². The van der Waals surface area contributed by atoms with Crippen molar-refractivity contribution in [3.05, 3.63) is 18.2 Å². The second-order valence-electron chi connectivity index (χ2n) is 8.54. The van der Waals surface area contributed by atoms with Crippen LogP contribution in [0, 0.1) is 6.92 Å². The van der Waals surface area contributed by atoms with E-state index in [9.17, 15) is 0 Å². The predicted molar refractivity (Wildman–Crippen MR) is 119 cm³/mol. The Morgan fingerprint density at radius 2 is 1.07 bits per heavy atom. The van der Waals surface area contributed by atoms with Gasteiger partial charge in [-0.15, -0.1) is 0 Å². The van der Waals surface area contributed by atoms with Crippen molar-refractivity contribution in [2.45, 2.75) is 143 Å². The highest BCUT2D eigenvalue weighted by atomic mass is 15.1. The summed E-state index contributed by atoms with van der Waals surface area (Å²) in [7, 11) is 0. The summed E-state index contributed by atoms with van der Waals surface area (Å²) in [6.07, 6.45) is 28.8. The summed E-state index contributed by atoms with van der Waals surface area (Å²) in [5.41, 5.74) is 0. The van der Waals surface area contributed by atoms with Gasteiger partial charge in [-0.05, 0) is 19.3 Å². The van der Waals surface area contributed by atoms with Gasteiger partial charge in [0.1, 0.15) is 12.4 Å². The molecule has 0 fully saturated rings. The second-order valence-corrected chi connectivity index (χ2v) is 8.54. The van der Waals surface area contributed by atoms with Crippen molar-refractivity contribution in [3.8, 4) is 0 Å². The number of aromatic nitrogens is 2. The van der Waals surface area contributed by atoms with E-state index in [1.165, 1.54) is 122 Å². The van der Waals surface area contributed by atoms with Gasteiger partial charge in [0.25, 0.3) is 5.82 Å². The zero-order valence-corrected chi connectivity index (χ0v) is 19.0. The highest BCUT2D eigenvalue weighted by Crippen LogP contribution is 2.13. The van der Waals surface area contributed by atoms with E-state index in [0.29, 0.717) is 0 Å². The quantitative estimate of drug-likeness (QED) is 0.172. The molecular formula is C25H49N2+. The maximum atomic E-state index is 2.43. The minimum Gasteiger partial charge on any atom is -0.235 e. The van der Waals surface area contributed by atoms with Crippen LogP contribution in [0.3, 0.4) is 0 Å². The number of unbranched alkanes of at least 4 members (excludes halogenated alkanes) is 15. The van der Waals surface area contributed by atoms with E-state index in [0.717, 1.165) is 6.54 Å². The standard InChI is InChI=1S/C25H49N2/c1-4-6-7-8-9-10-11-12-13-14-15-16-17-18-19-20-22-27-24-23-26(21-5-2)25(27)3/h23-24H,4-22H2,1-3H3/q+1. The fraction of sp³-hybridized carbons (Fsp3) is 0.880. The monoisotopic (exact) mass is 377 g/mol. The van der Waals surface area contributed by atoms with Gasteiger partial charge in [-0.1, -0.05) is 104 Å². The minimum atomic E-state index is 1.15. The Morgan fingerprint density at radius 1 is 0.630 bits per heavy atom. The second kappa shape index (κ2) is 17.3. The number of rotatable bonds is 19. The molecule has 2 nitrogen and oxygen atoms in total. The van der Waals surface area contributed by atoms with Gasteiger partial charge in [0.15, 0.2) is 0 Å². The first kappa shape index (κ1) is 24.2. The first-order valence-corrected chi connectivity index (χ1v) is 12.3. The van der Waals surface area contributed by atoms with Crippen LogP contribution in [-0.4, -0.2) is 4.57 Å². The lowest BCUT2D eigenvalue weighted by molar-refractivity contribution is -0.702. The summed E-state index contributed by atoms with van der Waals surface area (Å²) in [6, 6.07) is 0. The van der Waals surface area contributed by atoms with Gasteiger partial charge < -0.3 is 0 Å². The third-order valence-electron chi connectivity index (χ3n) is 5.97. The topological polar surface area (TPSA) is 8.81 Å². The molecule has 1 rings (SSSR count). The van der Waals surface area contributed by atoms with Crippen LogP contribution >= 0.6 is 0 Å². The Labute approximate surface area is 170 Å². The summed E-state index contributed by atoms with van der Waals surface area (Å²) >= 11 is 0. The van der Waals surface area contributed by atoms with Gasteiger partial charge in [-0.25, -0.2) is 9.13 Å². The normalized spacial score (nSPS) is 11.4. The molecule has 0 bridgehead atoms. The van der Waals surface area contributed by atoms with Gasteiger partial charge in [0.2, 0.25) is 0 Å². The summed E-state index contributed by atoms with van der Waals surface area (Å²) in [5, 5.41) is 0. The molecule has 2 heteroatoms. The number of imidazole rings is 1. The van der Waals surface area contributed by atoms with Crippen LogP contribution in [0.25, 0.3) is 0 Å². The zero-order valence-electron chi connectivity index (χ0n) is 19.0. The molecule has 0 N–H and O–H groups in total. The molecule has 0 aliphatic heterocycles. The molecule has 0 atom stereocenters. The predicted octanol–water partition coefficient (Wildman–Crippen LogP) is 7.76. The zero-order chi connectivity index (χ0) is 19.6. The van der Waals surface area contributed by atoms with Gasteiger partial charge in [-0.2, -0.15) is 0 Å². The number of hydrogen-bond acceptors (Lipinski definition) is 0. The van der Waals surface area contributed by atoms with Crippen LogP contribution in [0.1, 0.15) is 129 Å². The molecule has 0 aliphatic rings. The molecule has 158 valence electrons. The molecule has 1 aromatic rings. The smallest absolute Gasteiger partial charge is 0.235 e. The highest BCUT2D eigenvalue weighted by Gasteiger charge is 2.10. The van der Waals surface area contributed by atoms with Crippen molar-refractivity contribution in [3.63, 3.8) is 0 Å². The van der Waals surface area contributed by atoms with Gasteiger partial charge in [0, 0.05) is 6.92 Å². The molecule has 0 saturated carbocycles. The van der Waals surface area contributed by atoms with Crippen molar-refractivity contribution in [1.29, 1.82) is 0 Å². The third kappa shape index (κ3) is 12.3. The highest BCUT2D eigenvalue weighted by molar-refractivity contribution is 4.79. The van der Waals surface area contributed by atoms with Crippen molar-refractivity contribution in [2.24, 2.45) is 0 Å². The number of hydrogen-bond donors (Lipinski definition) is 0. The fourth-order valence-electron chi connectivity index (χ4n) is 4.09. The number of nitrogens with zero attached hydrogens (tertiary/aromatic N) is 2. The Morgan fingerprint density at radius 3 is 1.52 bits per heavy atom. The molecule has 1 heterocycles. The largest absolute Gasteiger partial charge is 0.253 e. The summed E-state index contributed by atoms with van der Waals surface area (Å²) in [5.74, 6) is 1.41. The van der Waals surface area contributed by atoms with Gasteiger partial charge >= 0.3 is 0 Å². The van der Waals surface area contributed by atoms with Crippen molar-refractivity contribution >= 4 is 0 Å². The molecule has 0 amide bonds. The van der Waals surface area contributed by atoms with Crippen LogP contribution in [-0.2, 0) is 13.1 Å².